The second-order valence-corrected chi connectivity index (χ2v) is 5.20. The highest BCUT2D eigenvalue weighted by Crippen LogP contribution is 2.18. The van der Waals surface area contributed by atoms with Gasteiger partial charge in [0, 0.05) is 28.5 Å². The molecule has 1 atom stereocenters. The molecule has 2 rings (SSSR count). The van der Waals surface area contributed by atoms with E-state index in [9.17, 15) is 9.59 Å². The molecule has 6 nitrogen and oxygen atoms in total. The number of amides is 2. The highest BCUT2D eigenvalue weighted by molar-refractivity contribution is 5.95. The van der Waals surface area contributed by atoms with Gasteiger partial charge in [0.15, 0.2) is 0 Å². The van der Waals surface area contributed by atoms with Crippen molar-refractivity contribution in [3.63, 3.8) is 0 Å². The number of aliphatic hydroxyl groups is 1. The number of nitrogens with one attached hydrogen (secondary N) is 2. The number of primary amides is 1. The van der Waals surface area contributed by atoms with Gasteiger partial charge in [-0.05, 0) is 49.4 Å². The Balaban J connectivity index is 2.10. The van der Waals surface area contributed by atoms with Crippen molar-refractivity contribution in [2.24, 2.45) is 5.73 Å². The molecule has 2 amide bonds. The molecule has 0 bridgehead atoms. The summed E-state index contributed by atoms with van der Waals surface area (Å²) in [5.41, 5.74) is 7.63. The van der Waals surface area contributed by atoms with E-state index in [0.29, 0.717) is 11.1 Å². The van der Waals surface area contributed by atoms with Crippen LogP contribution in [-0.4, -0.2) is 29.6 Å². The summed E-state index contributed by atoms with van der Waals surface area (Å²) in [6.07, 6.45) is 0. The number of hydrogen-bond acceptors (Lipinski definition) is 4. The maximum absolute atomic E-state index is 12.0. The SMILES string of the molecule is CC(CO)NC(=O)c1cccc(Nc2ccc(C(N)=O)cc2)c1. The molecule has 0 aliphatic heterocycles. The molecule has 23 heavy (non-hydrogen) atoms. The lowest BCUT2D eigenvalue weighted by atomic mass is 10.1. The second-order valence-electron chi connectivity index (χ2n) is 5.20. The van der Waals surface area contributed by atoms with E-state index in [1.165, 1.54) is 0 Å². The first-order chi connectivity index (χ1) is 11.0. The van der Waals surface area contributed by atoms with Crippen molar-refractivity contribution < 1.29 is 14.7 Å². The van der Waals surface area contributed by atoms with Crippen molar-refractivity contribution in [2.75, 3.05) is 11.9 Å². The Bertz CT molecular complexity index is 698. The lowest BCUT2D eigenvalue weighted by Crippen LogP contribution is -2.34. The summed E-state index contributed by atoms with van der Waals surface area (Å²) < 4.78 is 0. The normalized spacial score (nSPS) is 11.6. The van der Waals surface area contributed by atoms with Crippen molar-refractivity contribution in [3.8, 4) is 0 Å². The topological polar surface area (TPSA) is 104 Å². The van der Waals surface area contributed by atoms with E-state index in [1.54, 1.807) is 49.4 Å². The number of aliphatic hydroxyl groups excluding tert-OH is 1. The molecule has 120 valence electrons. The van der Waals surface area contributed by atoms with Gasteiger partial charge in [-0.25, -0.2) is 0 Å². The average molecular weight is 313 g/mol. The van der Waals surface area contributed by atoms with Gasteiger partial charge in [0.05, 0.1) is 6.61 Å². The van der Waals surface area contributed by atoms with Crippen LogP contribution in [0, 0.1) is 0 Å². The van der Waals surface area contributed by atoms with Gasteiger partial charge in [0.25, 0.3) is 5.91 Å². The lowest BCUT2D eigenvalue weighted by molar-refractivity contribution is 0.0921. The number of nitrogens with two attached hydrogens (primary N) is 1. The van der Waals surface area contributed by atoms with E-state index in [4.69, 9.17) is 10.8 Å². The maximum atomic E-state index is 12.0. The van der Waals surface area contributed by atoms with Gasteiger partial charge in [-0.1, -0.05) is 6.07 Å². The summed E-state index contributed by atoms with van der Waals surface area (Å²) in [5.74, 6) is -0.729. The fraction of sp³-hybridized carbons (Fsp3) is 0.176. The summed E-state index contributed by atoms with van der Waals surface area (Å²) in [6.45, 7) is 1.61. The van der Waals surface area contributed by atoms with Crippen molar-refractivity contribution in [1.82, 2.24) is 5.32 Å². The molecule has 0 aromatic heterocycles. The van der Waals surface area contributed by atoms with Crippen LogP contribution in [0.15, 0.2) is 48.5 Å². The summed E-state index contributed by atoms with van der Waals surface area (Å²) in [7, 11) is 0. The van der Waals surface area contributed by atoms with Gasteiger partial charge in [0.1, 0.15) is 0 Å². The Hall–Kier alpha value is -2.86. The molecular formula is C17H19N3O3. The zero-order valence-electron chi connectivity index (χ0n) is 12.7. The smallest absolute Gasteiger partial charge is 0.251 e. The van der Waals surface area contributed by atoms with Crippen LogP contribution in [0.4, 0.5) is 11.4 Å². The number of benzene rings is 2. The van der Waals surface area contributed by atoms with E-state index in [0.717, 1.165) is 11.4 Å². The molecule has 2 aromatic carbocycles. The Morgan fingerprint density at radius 3 is 2.39 bits per heavy atom. The number of carbonyl (C=O) groups is 2. The molecule has 2 aromatic rings. The van der Waals surface area contributed by atoms with Gasteiger partial charge in [-0.15, -0.1) is 0 Å². The predicted molar refractivity (Wildman–Crippen MR) is 88.7 cm³/mol. The molecule has 0 saturated carbocycles. The summed E-state index contributed by atoms with van der Waals surface area (Å²) in [6, 6.07) is 13.4. The first-order valence-electron chi connectivity index (χ1n) is 7.18. The van der Waals surface area contributed by atoms with Crippen LogP contribution in [0.5, 0.6) is 0 Å². The zero-order chi connectivity index (χ0) is 16.8. The predicted octanol–water partition coefficient (Wildman–Crippen LogP) is 1.64. The highest BCUT2D eigenvalue weighted by atomic mass is 16.3. The third kappa shape index (κ3) is 4.55. The Kier molecular flexibility index (Phi) is 5.32. The van der Waals surface area contributed by atoms with E-state index in [1.807, 2.05) is 6.07 Å². The van der Waals surface area contributed by atoms with Crippen LogP contribution >= 0.6 is 0 Å². The number of hydrogen-bond donors (Lipinski definition) is 4. The van der Waals surface area contributed by atoms with E-state index in [2.05, 4.69) is 10.6 Å². The molecule has 0 heterocycles. The minimum absolute atomic E-state index is 0.115. The first kappa shape index (κ1) is 16.5. The molecule has 0 spiro atoms. The van der Waals surface area contributed by atoms with Gasteiger partial charge < -0.3 is 21.5 Å². The molecule has 0 radical (unpaired) electrons. The van der Waals surface area contributed by atoms with Crippen LogP contribution in [0.25, 0.3) is 0 Å². The van der Waals surface area contributed by atoms with E-state index < -0.39 is 5.91 Å². The quantitative estimate of drug-likeness (QED) is 0.650. The maximum Gasteiger partial charge on any atom is 0.251 e. The van der Waals surface area contributed by atoms with E-state index >= 15 is 0 Å². The largest absolute Gasteiger partial charge is 0.394 e. The standard InChI is InChI=1S/C17H19N3O3/c1-11(10-21)19-17(23)13-3-2-4-15(9-13)20-14-7-5-12(6-8-14)16(18)22/h2-9,11,20-21H,10H2,1H3,(H2,18,22)(H,19,23). The summed E-state index contributed by atoms with van der Waals surface area (Å²) in [5, 5.41) is 14.8. The third-order valence-corrected chi connectivity index (χ3v) is 3.23. The Morgan fingerprint density at radius 1 is 1.09 bits per heavy atom. The molecule has 0 fully saturated rings. The number of rotatable bonds is 6. The Morgan fingerprint density at radius 2 is 1.78 bits per heavy atom. The molecule has 0 aliphatic rings. The second kappa shape index (κ2) is 7.42. The van der Waals surface area contributed by atoms with Gasteiger partial charge in [-0.3, -0.25) is 9.59 Å². The first-order valence-corrected chi connectivity index (χ1v) is 7.18. The highest BCUT2D eigenvalue weighted by Gasteiger charge is 2.09. The summed E-state index contributed by atoms with van der Waals surface area (Å²) >= 11 is 0. The van der Waals surface area contributed by atoms with Crippen molar-refractivity contribution in [1.29, 1.82) is 0 Å². The van der Waals surface area contributed by atoms with Crippen LogP contribution < -0.4 is 16.4 Å². The third-order valence-electron chi connectivity index (χ3n) is 3.23. The number of carbonyl (C=O) groups excluding carboxylic acids is 2. The lowest BCUT2D eigenvalue weighted by Gasteiger charge is -2.12. The number of anilines is 2. The van der Waals surface area contributed by atoms with Crippen LogP contribution in [0.1, 0.15) is 27.6 Å². The molecule has 5 N–H and O–H groups in total. The molecule has 0 aliphatic carbocycles. The Labute approximate surface area is 134 Å². The molecule has 6 heteroatoms. The fourth-order valence-corrected chi connectivity index (χ4v) is 1.98. The van der Waals surface area contributed by atoms with Crippen molar-refractivity contribution >= 4 is 23.2 Å². The van der Waals surface area contributed by atoms with Gasteiger partial charge >= 0.3 is 0 Å². The monoisotopic (exact) mass is 313 g/mol. The van der Waals surface area contributed by atoms with Crippen LogP contribution in [0.2, 0.25) is 0 Å². The van der Waals surface area contributed by atoms with Crippen molar-refractivity contribution in [2.45, 2.75) is 13.0 Å². The summed E-state index contributed by atoms with van der Waals surface area (Å²) in [4.78, 5) is 23.1. The van der Waals surface area contributed by atoms with Gasteiger partial charge in [0.2, 0.25) is 5.91 Å². The average Bonchev–Trinajstić information content (AvgIpc) is 2.55. The molecule has 0 saturated heterocycles. The zero-order valence-corrected chi connectivity index (χ0v) is 12.7. The van der Waals surface area contributed by atoms with Crippen LogP contribution in [-0.2, 0) is 0 Å². The minimum atomic E-state index is -0.478. The van der Waals surface area contributed by atoms with Gasteiger partial charge in [-0.2, -0.15) is 0 Å². The minimum Gasteiger partial charge on any atom is -0.394 e. The molecular weight excluding hydrogens is 294 g/mol. The fourth-order valence-electron chi connectivity index (χ4n) is 1.98. The van der Waals surface area contributed by atoms with Crippen molar-refractivity contribution in [3.05, 3.63) is 59.7 Å². The molecule has 1 unspecified atom stereocenters. The van der Waals surface area contributed by atoms with E-state index in [-0.39, 0.29) is 18.6 Å². The van der Waals surface area contributed by atoms with Crippen LogP contribution in [0.3, 0.4) is 0 Å².